The van der Waals surface area contributed by atoms with E-state index in [9.17, 15) is 9.59 Å². The van der Waals surface area contributed by atoms with Gasteiger partial charge in [0.15, 0.2) is 5.82 Å². The predicted molar refractivity (Wildman–Crippen MR) is 124 cm³/mol. The summed E-state index contributed by atoms with van der Waals surface area (Å²) in [5, 5.41) is 10.7. The number of nitrogens with zero attached hydrogens (tertiary/aromatic N) is 3. The van der Waals surface area contributed by atoms with Gasteiger partial charge in [-0.3, -0.25) is 14.7 Å². The predicted octanol–water partition coefficient (Wildman–Crippen LogP) is 4.25. The molecule has 33 heavy (non-hydrogen) atoms. The number of rotatable bonds is 6. The molecule has 8 nitrogen and oxygen atoms in total. The molecule has 2 N–H and O–H groups in total. The molecular formula is C24H24ClN5O3. The molecule has 1 aliphatic heterocycles. The molecule has 2 fully saturated rings. The van der Waals surface area contributed by atoms with Crippen LogP contribution in [0.15, 0.2) is 42.5 Å². The Morgan fingerprint density at radius 3 is 2.82 bits per heavy atom. The number of nitrogens with one attached hydrogen (secondary N) is 2. The monoisotopic (exact) mass is 465 g/mol. The zero-order valence-corrected chi connectivity index (χ0v) is 18.9. The third-order valence-corrected chi connectivity index (χ3v) is 6.30. The van der Waals surface area contributed by atoms with E-state index in [1.165, 1.54) is 7.11 Å². The number of hydrogen-bond acceptors (Lipinski definition) is 5. The van der Waals surface area contributed by atoms with Crippen LogP contribution in [0, 0.1) is 0 Å². The van der Waals surface area contributed by atoms with Crippen molar-refractivity contribution in [3.63, 3.8) is 0 Å². The van der Waals surface area contributed by atoms with Crippen molar-refractivity contribution in [3.8, 4) is 17.1 Å². The van der Waals surface area contributed by atoms with Crippen molar-refractivity contribution < 1.29 is 14.3 Å². The van der Waals surface area contributed by atoms with E-state index in [1.54, 1.807) is 23.1 Å². The van der Waals surface area contributed by atoms with Crippen molar-refractivity contribution in [2.24, 2.45) is 0 Å². The first-order valence-corrected chi connectivity index (χ1v) is 11.4. The molecule has 0 bridgehead atoms. The topological polar surface area (TPSA) is 100 Å². The van der Waals surface area contributed by atoms with Gasteiger partial charge in [-0.2, -0.15) is 5.10 Å². The van der Waals surface area contributed by atoms with Crippen LogP contribution in [0.4, 0.5) is 5.69 Å². The summed E-state index contributed by atoms with van der Waals surface area (Å²) in [7, 11) is 1.50. The summed E-state index contributed by atoms with van der Waals surface area (Å²) in [6.45, 7) is 0.494. The highest BCUT2D eigenvalue weighted by Gasteiger charge is 2.35. The molecule has 2 aliphatic rings. The molecule has 0 radical (unpaired) electrons. The molecule has 1 aliphatic carbocycles. The normalized spacial score (nSPS) is 17.8. The van der Waals surface area contributed by atoms with E-state index in [-0.39, 0.29) is 11.8 Å². The van der Waals surface area contributed by atoms with Crippen LogP contribution in [-0.4, -0.2) is 51.6 Å². The number of benzene rings is 2. The second kappa shape index (κ2) is 8.86. The molecule has 9 heteroatoms. The number of ether oxygens (including phenoxy) is 1. The Morgan fingerprint density at radius 2 is 2.03 bits per heavy atom. The molecule has 1 unspecified atom stereocenters. The lowest BCUT2D eigenvalue weighted by Gasteiger charge is -2.25. The van der Waals surface area contributed by atoms with Crippen LogP contribution >= 0.6 is 11.6 Å². The molecule has 2 aromatic carbocycles. The van der Waals surface area contributed by atoms with E-state index in [1.807, 2.05) is 24.3 Å². The minimum Gasteiger partial charge on any atom is -0.496 e. The lowest BCUT2D eigenvalue weighted by Crippen LogP contribution is -2.43. The number of carbonyl (C=O) groups excluding carboxylic acids is 2. The van der Waals surface area contributed by atoms with E-state index in [0.717, 1.165) is 30.7 Å². The molecule has 3 aromatic rings. The maximum Gasteiger partial charge on any atom is 0.258 e. The Labute approximate surface area is 196 Å². The third kappa shape index (κ3) is 4.43. The molecule has 1 atom stereocenters. The highest BCUT2D eigenvalue weighted by atomic mass is 35.5. The standard InChI is InChI=1S/C24H24ClN5O3/c1-33-20-10-9-16(25)13-18(20)24(32)30-11-3-6-19(30)23(31)26-17-5-2-4-15(12-17)22-27-21(28-29-22)14-7-8-14/h2,4-5,9-10,12-14,19H,3,6-8,11H2,1H3,(H,26,31)(H,27,28,29). The molecular weight excluding hydrogens is 442 g/mol. The Balaban J connectivity index is 1.32. The Kier molecular flexibility index (Phi) is 5.76. The number of hydrogen-bond donors (Lipinski definition) is 2. The molecule has 1 aromatic heterocycles. The van der Waals surface area contributed by atoms with E-state index >= 15 is 0 Å². The van der Waals surface area contributed by atoms with Gasteiger partial charge in [-0.25, -0.2) is 4.98 Å². The van der Waals surface area contributed by atoms with Crippen LogP contribution in [0.3, 0.4) is 0 Å². The molecule has 2 heterocycles. The van der Waals surface area contributed by atoms with Gasteiger partial charge in [-0.15, -0.1) is 0 Å². The SMILES string of the molecule is COc1ccc(Cl)cc1C(=O)N1CCCC1C(=O)Nc1cccc(-c2n[nH]c(C3CC3)n2)c1. The van der Waals surface area contributed by atoms with E-state index in [4.69, 9.17) is 16.3 Å². The summed E-state index contributed by atoms with van der Waals surface area (Å²) in [6.07, 6.45) is 3.62. The van der Waals surface area contributed by atoms with Crippen molar-refractivity contribution in [2.45, 2.75) is 37.6 Å². The number of anilines is 1. The number of amides is 2. The van der Waals surface area contributed by atoms with Crippen molar-refractivity contribution in [2.75, 3.05) is 19.0 Å². The second-order valence-corrected chi connectivity index (χ2v) is 8.83. The second-order valence-electron chi connectivity index (χ2n) is 8.39. The molecule has 1 saturated carbocycles. The van der Waals surface area contributed by atoms with Crippen LogP contribution in [-0.2, 0) is 4.79 Å². The highest BCUT2D eigenvalue weighted by Crippen LogP contribution is 2.38. The van der Waals surface area contributed by atoms with Gasteiger partial charge in [0.1, 0.15) is 17.6 Å². The minimum absolute atomic E-state index is 0.229. The summed E-state index contributed by atoms with van der Waals surface area (Å²) in [6, 6.07) is 11.8. The molecule has 170 valence electrons. The first kappa shape index (κ1) is 21.5. The van der Waals surface area contributed by atoms with Crippen molar-refractivity contribution in [1.29, 1.82) is 0 Å². The zero-order valence-electron chi connectivity index (χ0n) is 18.2. The lowest BCUT2D eigenvalue weighted by atomic mass is 10.1. The summed E-state index contributed by atoms with van der Waals surface area (Å²) in [4.78, 5) is 32.5. The minimum atomic E-state index is -0.574. The summed E-state index contributed by atoms with van der Waals surface area (Å²) >= 11 is 6.10. The number of methoxy groups -OCH3 is 1. The smallest absolute Gasteiger partial charge is 0.258 e. The summed E-state index contributed by atoms with van der Waals surface area (Å²) in [5.41, 5.74) is 1.80. The Morgan fingerprint density at radius 1 is 1.18 bits per heavy atom. The Bertz CT molecular complexity index is 1210. The molecule has 2 amide bonds. The number of carbonyl (C=O) groups is 2. The number of likely N-dealkylation sites (tertiary alicyclic amines) is 1. The molecule has 1 saturated heterocycles. The van der Waals surface area contributed by atoms with Crippen LogP contribution in [0.1, 0.15) is 47.8 Å². The number of H-pyrrole nitrogens is 1. The van der Waals surface area contributed by atoms with Crippen molar-refractivity contribution in [3.05, 3.63) is 58.9 Å². The summed E-state index contributed by atoms with van der Waals surface area (Å²) in [5.74, 6) is 1.94. The quantitative estimate of drug-likeness (QED) is 0.566. The fourth-order valence-corrected chi connectivity index (χ4v) is 4.36. The highest BCUT2D eigenvalue weighted by molar-refractivity contribution is 6.31. The van der Waals surface area contributed by atoms with Crippen molar-refractivity contribution >= 4 is 29.1 Å². The van der Waals surface area contributed by atoms with Gasteiger partial charge in [0.2, 0.25) is 5.91 Å². The van der Waals surface area contributed by atoms with Gasteiger partial charge in [-0.05, 0) is 56.0 Å². The maximum atomic E-state index is 13.2. The lowest BCUT2D eigenvalue weighted by molar-refractivity contribution is -0.119. The largest absolute Gasteiger partial charge is 0.496 e. The number of halogens is 1. The summed E-state index contributed by atoms with van der Waals surface area (Å²) < 4.78 is 5.33. The average molecular weight is 466 g/mol. The van der Waals surface area contributed by atoms with Gasteiger partial charge in [-0.1, -0.05) is 23.7 Å². The van der Waals surface area contributed by atoms with Crippen LogP contribution in [0.5, 0.6) is 5.75 Å². The van der Waals surface area contributed by atoms with Crippen LogP contribution in [0.25, 0.3) is 11.4 Å². The maximum absolute atomic E-state index is 13.2. The van der Waals surface area contributed by atoms with Gasteiger partial charge in [0.05, 0.1) is 12.7 Å². The van der Waals surface area contributed by atoms with Gasteiger partial charge < -0.3 is 15.0 Å². The molecule has 5 rings (SSSR count). The van der Waals surface area contributed by atoms with Gasteiger partial charge in [0.25, 0.3) is 5.91 Å². The van der Waals surface area contributed by atoms with Crippen molar-refractivity contribution in [1.82, 2.24) is 20.1 Å². The van der Waals surface area contributed by atoms with E-state index in [2.05, 4.69) is 20.5 Å². The van der Waals surface area contributed by atoms with E-state index < -0.39 is 6.04 Å². The van der Waals surface area contributed by atoms with Crippen LogP contribution < -0.4 is 10.1 Å². The first-order valence-electron chi connectivity index (χ1n) is 11.0. The van der Waals surface area contributed by atoms with Gasteiger partial charge in [0, 0.05) is 28.7 Å². The fraction of sp³-hybridized carbons (Fsp3) is 0.333. The zero-order chi connectivity index (χ0) is 22.9. The Hall–Kier alpha value is -3.39. The first-order chi connectivity index (χ1) is 16.0. The van der Waals surface area contributed by atoms with E-state index in [0.29, 0.717) is 46.7 Å². The van der Waals surface area contributed by atoms with Crippen LogP contribution in [0.2, 0.25) is 5.02 Å². The number of aromatic amines is 1. The number of aromatic nitrogens is 3. The van der Waals surface area contributed by atoms with Gasteiger partial charge >= 0.3 is 0 Å². The third-order valence-electron chi connectivity index (χ3n) is 6.06. The average Bonchev–Trinajstić information content (AvgIpc) is 3.34. The molecule has 0 spiro atoms. The fourth-order valence-electron chi connectivity index (χ4n) is 4.19.